The monoisotopic (exact) mass is 157 g/mol. The van der Waals surface area contributed by atoms with E-state index in [9.17, 15) is 4.79 Å². The van der Waals surface area contributed by atoms with E-state index in [0.29, 0.717) is 11.7 Å². The van der Waals surface area contributed by atoms with Crippen LogP contribution in [0.15, 0.2) is 11.7 Å². The minimum atomic E-state index is -0.535. The fourth-order valence-electron chi connectivity index (χ4n) is 0.567. The smallest absolute Gasteiger partial charge is 0.352 e. The van der Waals surface area contributed by atoms with Gasteiger partial charge in [0.2, 0.25) is 0 Å². The molecule has 1 atom stereocenters. The van der Waals surface area contributed by atoms with E-state index in [1.165, 1.54) is 0 Å². The molecule has 0 radical (unpaired) electrons. The third kappa shape index (κ3) is 1.47. The molecule has 0 bridgehead atoms. The highest BCUT2D eigenvalue weighted by molar-refractivity contribution is 5.98. The summed E-state index contributed by atoms with van der Waals surface area (Å²) in [5.74, 6) is 0.462. The third-order valence-electron chi connectivity index (χ3n) is 1.16. The Bertz CT molecular complexity index is 211. The molecule has 1 heterocycles. The summed E-state index contributed by atoms with van der Waals surface area (Å²) in [5.41, 5.74) is 0. The zero-order valence-electron chi connectivity index (χ0n) is 5.71. The molecular weight excluding hydrogens is 147 g/mol. The molecule has 62 valence electrons. The molecule has 0 spiro atoms. The molecule has 5 heteroatoms. The van der Waals surface area contributed by atoms with Crippen LogP contribution in [0.25, 0.3) is 0 Å². The van der Waals surface area contributed by atoms with Gasteiger partial charge in [0.1, 0.15) is 8.05 Å². The van der Waals surface area contributed by atoms with Gasteiger partial charge in [-0.05, 0) is 6.92 Å². The Balaban J connectivity index is 2.79. The molecule has 1 aliphatic heterocycles. The molecule has 0 N–H and O–H groups in total. The van der Waals surface area contributed by atoms with Gasteiger partial charge in [-0.3, -0.25) is 0 Å². The summed E-state index contributed by atoms with van der Waals surface area (Å²) < 4.78 is 15.0. The minimum Gasteiger partial charge on any atom is -0.694 e. The second-order valence-corrected chi connectivity index (χ2v) is 2.02. The lowest BCUT2D eigenvalue weighted by Gasteiger charge is -2.24. The Kier molecular flexibility index (Phi) is 2.07. The summed E-state index contributed by atoms with van der Waals surface area (Å²) in [4.78, 5) is 10.8. The summed E-state index contributed by atoms with van der Waals surface area (Å²) in [6.07, 6.45) is -0.535. The van der Waals surface area contributed by atoms with Gasteiger partial charge in [-0.15, -0.1) is 0 Å². The maximum absolute atomic E-state index is 10.8. The van der Waals surface area contributed by atoms with Crippen molar-refractivity contribution in [2.75, 3.05) is 0 Å². The maximum atomic E-state index is 10.8. The van der Waals surface area contributed by atoms with Crippen molar-refractivity contribution in [2.24, 2.45) is 0 Å². The second kappa shape index (κ2) is 2.86. The summed E-state index contributed by atoms with van der Waals surface area (Å²) in [6.45, 7) is 3.29. The zero-order chi connectivity index (χ0) is 8.43. The lowest BCUT2D eigenvalue weighted by atomic mass is 10.4. The maximum Gasteiger partial charge on any atom is 0.352 e. The predicted octanol–water partition coefficient (Wildman–Crippen LogP) is -0.566. The van der Waals surface area contributed by atoms with Crippen LogP contribution >= 0.6 is 0 Å². The molecule has 11 heavy (non-hydrogen) atoms. The predicted molar refractivity (Wildman–Crippen MR) is 40.4 cm³/mol. The Labute approximate surface area is 65.6 Å². The van der Waals surface area contributed by atoms with Crippen molar-refractivity contribution in [3.05, 3.63) is 11.7 Å². The van der Waals surface area contributed by atoms with Gasteiger partial charge < -0.3 is 14.1 Å². The number of esters is 1. The van der Waals surface area contributed by atoms with Gasteiger partial charge in [0.25, 0.3) is 5.95 Å². The Morgan fingerprint density at radius 1 is 1.64 bits per heavy atom. The van der Waals surface area contributed by atoms with Crippen LogP contribution < -0.4 is 0 Å². The first-order chi connectivity index (χ1) is 5.15. The first-order valence-corrected chi connectivity index (χ1v) is 2.87. The van der Waals surface area contributed by atoms with Crippen LogP contribution in [0.4, 0.5) is 0 Å². The van der Waals surface area contributed by atoms with E-state index in [-0.39, 0.29) is 14.0 Å². The van der Waals surface area contributed by atoms with Crippen LogP contribution in [0, 0.1) is 0 Å². The molecular formula is C6H10BO4-. The highest BCUT2D eigenvalue weighted by Gasteiger charge is 2.25. The second-order valence-electron chi connectivity index (χ2n) is 2.02. The van der Waals surface area contributed by atoms with Crippen molar-refractivity contribution in [1.29, 1.82) is 0 Å². The van der Waals surface area contributed by atoms with Crippen molar-refractivity contribution in [2.45, 2.75) is 20.0 Å². The van der Waals surface area contributed by atoms with E-state index in [1.807, 2.05) is 0 Å². The van der Waals surface area contributed by atoms with E-state index < -0.39 is 6.10 Å². The SMILES string of the molecule is [BH3-]OC1=C(C)OC(=O)[C@H](C)O1. The number of allylic oxidation sites excluding steroid dienone is 1. The van der Waals surface area contributed by atoms with Gasteiger partial charge in [0, 0.05) is 6.92 Å². The van der Waals surface area contributed by atoms with Gasteiger partial charge in [-0.2, -0.15) is 0 Å². The molecule has 0 aromatic heterocycles. The quantitative estimate of drug-likeness (QED) is 0.377. The van der Waals surface area contributed by atoms with Crippen LogP contribution in [0.5, 0.6) is 0 Å². The number of cyclic esters (lactones) is 1. The average Bonchev–Trinajstić information content (AvgIpc) is 1.97. The van der Waals surface area contributed by atoms with Crippen molar-refractivity contribution in [3.63, 3.8) is 0 Å². The fraction of sp³-hybridized carbons (Fsp3) is 0.500. The third-order valence-corrected chi connectivity index (χ3v) is 1.16. The number of hydrogen-bond acceptors (Lipinski definition) is 4. The molecule has 1 aliphatic rings. The number of carbonyl (C=O) groups excluding carboxylic acids is 1. The standard InChI is InChI=1S/C6H10BO4/c1-3-5(8)9-4(2)6(10-3)11-7/h3H,1-2,7H3/q-1/t3-/m0/s1. The van der Waals surface area contributed by atoms with E-state index >= 15 is 0 Å². The van der Waals surface area contributed by atoms with Gasteiger partial charge in [0.05, 0.1) is 0 Å². The molecule has 1 rings (SSSR count). The number of carbonyl (C=O) groups is 1. The van der Waals surface area contributed by atoms with Crippen molar-refractivity contribution in [1.82, 2.24) is 0 Å². The molecule has 0 amide bonds. The van der Waals surface area contributed by atoms with E-state index in [1.54, 1.807) is 13.8 Å². The normalized spacial score (nSPS) is 24.3. The first-order valence-electron chi connectivity index (χ1n) is 2.87. The van der Waals surface area contributed by atoms with E-state index in [2.05, 4.69) is 0 Å². The van der Waals surface area contributed by atoms with Gasteiger partial charge in [0.15, 0.2) is 11.9 Å². The average molecular weight is 157 g/mol. The van der Waals surface area contributed by atoms with Crippen molar-refractivity contribution in [3.8, 4) is 0 Å². The number of hydrogen-bond donors (Lipinski definition) is 0. The van der Waals surface area contributed by atoms with Crippen molar-refractivity contribution < 1.29 is 18.9 Å². The van der Waals surface area contributed by atoms with Crippen molar-refractivity contribution >= 4 is 14.0 Å². The van der Waals surface area contributed by atoms with Crippen LogP contribution in [0.1, 0.15) is 13.8 Å². The van der Waals surface area contributed by atoms with E-state index in [0.717, 1.165) is 0 Å². The first kappa shape index (κ1) is 7.98. The highest BCUT2D eigenvalue weighted by Crippen LogP contribution is 2.17. The molecule has 0 saturated carbocycles. The lowest BCUT2D eigenvalue weighted by Crippen LogP contribution is -2.28. The van der Waals surface area contributed by atoms with Crippen LogP contribution in [0.3, 0.4) is 0 Å². The summed E-state index contributed by atoms with van der Waals surface area (Å²) >= 11 is 0. The molecule has 0 unspecified atom stereocenters. The Morgan fingerprint density at radius 3 is 2.82 bits per heavy atom. The Morgan fingerprint density at radius 2 is 2.27 bits per heavy atom. The van der Waals surface area contributed by atoms with Crippen LogP contribution in [0.2, 0.25) is 0 Å². The van der Waals surface area contributed by atoms with Crippen LogP contribution in [-0.2, 0) is 18.9 Å². The molecule has 4 nitrogen and oxygen atoms in total. The zero-order valence-corrected chi connectivity index (χ0v) is 5.71. The van der Waals surface area contributed by atoms with Gasteiger partial charge >= 0.3 is 5.97 Å². The van der Waals surface area contributed by atoms with Gasteiger partial charge in [-0.1, -0.05) is 0 Å². The topological polar surface area (TPSA) is 44.8 Å². The summed E-state index contributed by atoms with van der Waals surface area (Å²) in [6, 6.07) is 0. The molecule has 0 aliphatic carbocycles. The molecule has 0 aromatic rings. The summed E-state index contributed by atoms with van der Waals surface area (Å²) in [7, 11) is -0.219. The number of ether oxygens (including phenoxy) is 2. The molecule has 0 aromatic carbocycles. The Hall–Kier alpha value is -1.13. The van der Waals surface area contributed by atoms with Crippen LogP contribution in [-0.4, -0.2) is 20.1 Å². The number of rotatable bonds is 1. The fourth-order valence-corrected chi connectivity index (χ4v) is 0.567. The molecule has 0 fully saturated rings. The highest BCUT2D eigenvalue weighted by atomic mass is 16.7. The lowest BCUT2D eigenvalue weighted by molar-refractivity contribution is -0.158. The van der Waals surface area contributed by atoms with Gasteiger partial charge in [-0.25, -0.2) is 4.79 Å². The molecule has 0 saturated heterocycles. The minimum absolute atomic E-state index is 0.219. The van der Waals surface area contributed by atoms with E-state index in [4.69, 9.17) is 14.1 Å². The largest absolute Gasteiger partial charge is 0.694 e. The summed E-state index contributed by atoms with van der Waals surface area (Å²) in [5, 5.41) is 0.